The monoisotopic (exact) mass is 598 g/mol. The molecular weight excluding hydrogens is 537 g/mol. The van der Waals surface area contributed by atoms with Gasteiger partial charge in [0.1, 0.15) is 13.1 Å². The van der Waals surface area contributed by atoms with Crippen LogP contribution < -0.4 is 9.13 Å². The van der Waals surface area contributed by atoms with E-state index in [-0.39, 0.29) is 19.5 Å². The second-order valence-electron chi connectivity index (χ2n) is 10.6. The molecule has 0 spiro atoms. The maximum Gasteiger partial charge on any atom is 2.00 e. The zero-order chi connectivity index (χ0) is 25.8. The normalized spacial score (nSPS) is 10.4. The van der Waals surface area contributed by atoms with Gasteiger partial charge < -0.3 is 0 Å². The van der Waals surface area contributed by atoms with Crippen molar-refractivity contribution in [2.24, 2.45) is 0 Å². The van der Waals surface area contributed by atoms with E-state index in [0.717, 1.165) is 0 Å². The predicted octanol–water partition coefficient (Wildman–Crippen LogP) is 9.79. The summed E-state index contributed by atoms with van der Waals surface area (Å²) in [6.45, 7) is 6.92. The number of nitrogens with zero attached hydrogens (tertiary/aromatic N) is 2. The van der Waals surface area contributed by atoms with E-state index in [2.05, 4.69) is 84.2 Å². The Kier molecular flexibility index (Phi) is 28.6. The van der Waals surface area contributed by atoms with Gasteiger partial charge in [0.2, 0.25) is 0 Å². The van der Waals surface area contributed by atoms with Crippen molar-refractivity contribution in [2.45, 2.75) is 155 Å². The van der Waals surface area contributed by atoms with E-state index >= 15 is 0 Å². The van der Waals surface area contributed by atoms with Gasteiger partial charge in [0.15, 0.2) is 24.8 Å². The van der Waals surface area contributed by atoms with E-state index in [1.165, 1.54) is 142 Å². The van der Waals surface area contributed by atoms with Crippen molar-refractivity contribution in [1.82, 2.24) is 0 Å². The molecule has 2 aromatic heterocycles. The van der Waals surface area contributed by atoms with Crippen molar-refractivity contribution in [2.75, 3.05) is 0 Å². The summed E-state index contributed by atoms with van der Waals surface area (Å²) in [6, 6.07) is 12.6. The van der Waals surface area contributed by atoms with Crippen LogP contribution >= 0.6 is 0 Å². The van der Waals surface area contributed by atoms with Gasteiger partial charge in [-0.25, -0.2) is 9.13 Å². The molecule has 37 heavy (non-hydrogen) atoms. The van der Waals surface area contributed by atoms with Gasteiger partial charge in [-0.1, -0.05) is 129 Å². The van der Waals surface area contributed by atoms with Crippen LogP contribution in [0.5, 0.6) is 0 Å². The summed E-state index contributed by atoms with van der Waals surface area (Å²) in [6.07, 6.45) is 36.9. The minimum absolute atomic E-state index is 0. The summed E-state index contributed by atoms with van der Waals surface area (Å²) in [5.74, 6) is 0. The number of hydrogen-bond acceptors (Lipinski definition) is 0. The van der Waals surface area contributed by atoms with Gasteiger partial charge in [-0.15, -0.1) is 0 Å². The van der Waals surface area contributed by atoms with Gasteiger partial charge in [-0.3, -0.25) is 0 Å². The molecule has 0 amide bonds. The molecule has 2 aromatic rings. The van der Waals surface area contributed by atoms with Gasteiger partial charge in [-0.05, 0) is 12.8 Å². The van der Waals surface area contributed by atoms with Crippen LogP contribution in [0.25, 0.3) is 0 Å². The van der Waals surface area contributed by atoms with E-state index in [1.807, 2.05) is 0 Å². The summed E-state index contributed by atoms with van der Waals surface area (Å²) < 4.78 is 4.56. The Hall–Kier alpha value is -1.08. The first-order valence-corrected chi connectivity index (χ1v) is 15.7. The molecule has 0 aromatic carbocycles. The van der Waals surface area contributed by atoms with Crippen LogP contribution in [0.2, 0.25) is 0 Å². The summed E-state index contributed by atoms with van der Waals surface area (Å²) in [4.78, 5) is 0. The molecule has 3 heteroatoms. The van der Waals surface area contributed by atoms with Gasteiger partial charge in [0.05, 0.1) is 0 Å². The molecule has 2 nitrogen and oxygen atoms in total. The Morgan fingerprint density at radius 3 is 0.838 bits per heavy atom. The second-order valence-corrected chi connectivity index (χ2v) is 10.6. The van der Waals surface area contributed by atoms with Crippen LogP contribution in [0.1, 0.15) is 142 Å². The minimum Gasteiger partial charge on any atom is -0.205 e. The average Bonchev–Trinajstić information content (AvgIpc) is 2.92. The fraction of sp³-hybridized carbons (Fsp3) is 0.706. The first kappa shape index (κ1) is 35.9. The van der Waals surface area contributed by atoms with Gasteiger partial charge >= 0.3 is 19.5 Å². The Bertz CT molecular complexity index is 603. The molecule has 0 atom stereocenters. The standard InChI is InChI=1S/2C17H30N.Ru/c2*1-2-3-4-5-6-7-8-9-10-12-15-18-16-13-11-14-17-18;/h2*11,13-14,16-17H,2-10,12,15H2,1H3;/q2*+1;+2. The molecular formula is C34H60N2Ru+4. The van der Waals surface area contributed by atoms with Gasteiger partial charge in [-0.2, -0.15) is 0 Å². The van der Waals surface area contributed by atoms with Crippen LogP contribution in [-0.2, 0) is 32.6 Å². The number of aromatic nitrogens is 2. The number of unbranched alkanes of at least 4 members (excludes halogenated alkanes) is 18. The van der Waals surface area contributed by atoms with Crippen LogP contribution in [0.4, 0.5) is 0 Å². The van der Waals surface area contributed by atoms with Gasteiger partial charge in [0, 0.05) is 37.1 Å². The molecule has 0 aliphatic carbocycles. The maximum atomic E-state index is 2.28. The molecule has 0 unspecified atom stereocenters. The summed E-state index contributed by atoms with van der Waals surface area (Å²) >= 11 is 0. The summed E-state index contributed by atoms with van der Waals surface area (Å²) in [5, 5.41) is 0. The molecule has 0 aliphatic rings. The van der Waals surface area contributed by atoms with Crippen molar-refractivity contribution in [1.29, 1.82) is 0 Å². The van der Waals surface area contributed by atoms with Crippen molar-refractivity contribution >= 4 is 0 Å². The largest absolute Gasteiger partial charge is 2.00 e. The number of hydrogen-bond donors (Lipinski definition) is 0. The van der Waals surface area contributed by atoms with E-state index < -0.39 is 0 Å². The topological polar surface area (TPSA) is 7.76 Å². The van der Waals surface area contributed by atoms with Crippen molar-refractivity contribution < 1.29 is 28.6 Å². The fourth-order valence-electron chi connectivity index (χ4n) is 4.73. The van der Waals surface area contributed by atoms with Crippen LogP contribution in [0, 0.1) is 0 Å². The Morgan fingerprint density at radius 1 is 0.324 bits per heavy atom. The van der Waals surface area contributed by atoms with E-state index in [9.17, 15) is 0 Å². The van der Waals surface area contributed by atoms with Crippen molar-refractivity contribution in [3.63, 3.8) is 0 Å². The Morgan fingerprint density at radius 2 is 0.568 bits per heavy atom. The molecule has 0 saturated heterocycles. The summed E-state index contributed by atoms with van der Waals surface area (Å²) in [7, 11) is 0. The SMILES string of the molecule is CCCCCCCCCCCC[n+]1ccccc1.CCCCCCCCCCCC[n+]1ccccc1.[Ru+2]. The quantitative estimate of drug-likeness (QED) is 0.0725. The number of pyridine rings is 2. The molecule has 0 bridgehead atoms. The number of rotatable bonds is 22. The maximum absolute atomic E-state index is 2.28. The predicted molar refractivity (Wildman–Crippen MR) is 157 cm³/mol. The fourth-order valence-corrected chi connectivity index (χ4v) is 4.73. The minimum atomic E-state index is 0. The first-order chi connectivity index (χ1) is 17.9. The smallest absolute Gasteiger partial charge is 0.205 e. The van der Waals surface area contributed by atoms with E-state index in [4.69, 9.17) is 0 Å². The van der Waals surface area contributed by atoms with Crippen LogP contribution in [0.15, 0.2) is 61.2 Å². The molecule has 0 radical (unpaired) electrons. The zero-order valence-corrected chi connectivity index (χ0v) is 26.3. The zero-order valence-electron chi connectivity index (χ0n) is 24.6. The van der Waals surface area contributed by atoms with Crippen molar-refractivity contribution in [3.05, 3.63) is 61.2 Å². The van der Waals surface area contributed by atoms with E-state index in [0.29, 0.717) is 0 Å². The molecule has 2 rings (SSSR count). The third-order valence-electron chi connectivity index (χ3n) is 7.09. The van der Waals surface area contributed by atoms with Crippen LogP contribution in [-0.4, -0.2) is 0 Å². The molecule has 0 aliphatic heterocycles. The average molecular weight is 598 g/mol. The molecule has 2 heterocycles. The Labute approximate surface area is 244 Å². The van der Waals surface area contributed by atoms with E-state index in [1.54, 1.807) is 0 Å². The second kappa shape index (κ2) is 29.5. The first-order valence-electron chi connectivity index (χ1n) is 15.7. The summed E-state index contributed by atoms with van der Waals surface area (Å²) in [5.41, 5.74) is 0. The third-order valence-corrected chi connectivity index (χ3v) is 7.09. The third kappa shape index (κ3) is 25.0. The van der Waals surface area contributed by atoms with Crippen molar-refractivity contribution in [3.8, 4) is 0 Å². The number of aryl methyl sites for hydroxylation is 2. The molecule has 210 valence electrons. The molecule has 0 fully saturated rings. The molecule has 0 N–H and O–H groups in total. The molecule has 0 saturated carbocycles. The van der Waals surface area contributed by atoms with Crippen LogP contribution in [0.3, 0.4) is 0 Å². The Balaban J connectivity index is 0.000000682. The van der Waals surface area contributed by atoms with Gasteiger partial charge in [0.25, 0.3) is 0 Å².